The standard InChI is InChI=1S/C28H30F3N3O4/c1-5-24(33-27(36)34(3)20-11-13-32-14-12-20)22-17-19(28(29,30)31)8-9-21(22)23-15-18(7-10-25(23)37-4)16-26(35)38-6-2/h7-15,17,24H,5-6,16H2,1-4H3,(H,33,36). The van der Waals surface area contributed by atoms with Gasteiger partial charge in [-0.2, -0.15) is 13.2 Å². The van der Waals surface area contributed by atoms with Gasteiger partial charge in [0, 0.05) is 30.7 Å². The molecule has 1 N–H and O–H groups in total. The van der Waals surface area contributed by atoms with Crippen LogP contribution in [0.1, 0.15) is 43.0 Å². The first-order chi connectivity index (χ1) is 18.1. The number of rotatable bonds is 9. The van der Waals surface area contributed by atoms with Crippen molar-refractivity contribution in [3.63, 3.8) is 0 Å². The summed E-state index contributed by atoms with van der Waals surface area (Å²) in [6.07, 6.45) is -1.20. The van der Waals surface area contributed by atoms with Crippen LogP contribution in [-0.2, 0) is 22.1 Å². The second kappa shape index (κ2) is 12.4. The second-order valence-corrected chi connectivity index (χ2v) is 8.49. The number of carbonyl (C=O) groups is 2. The van der Waals surface area contributed by atoms with Gasteiger partial charge in [-0.1, -0.05) is 19.1 Å². The van der Waals surface area contributed by atoms with Crippen LogP contribution in [0.4, 0.5) is 23.7 Å². The monoisotopic (exact) mass is 529 g/mol. The van der Waals surface area contributed by atoms with E-state index in [4.69, 9.17) is 9.47 Å². The summed E-state index contributed by atoms with van der Waals surface area (Å²) in [5.41, 5.74) is 1.55. The van der Waals surface area contributed by atoms with Crippen LogP contribution in [0, 0.1) is 0 Å². The summed E-state index contributed by atoms with van der Waals surface area (Å²) in [6.45, 7) is 3.71. The van der Waals surface area contributed by atoms with Crippen molar-refractivity contribution in [2.24, 2.45) is 0 Å². The summed E-state index contributed by atoms with van der Waals surface area (Å²) in [5.74, 6) is -0.0113. The first kappa shape index (κ1) is 28.5. The second-order valence-electron chi connectivity index (χ2n) is 8.49. The number of benzene rings is 2. The van der Waals surface area contributed by atoms with Gasteiger partial charge in [0.15, 0.2) is 0 Å². The molecule has 38 heavy (non-hydrogen) atoms. The molecule has 3 aromatic rings. The fraction of sp³-hybridized carbons (Fsp3) is 0.321. The Kier molecular flexibility index (Phi) is 9.33. The number of carbonyl (C=O) groups excluding carboxylic acids is 2. The first-order valence-electron chi connectivity index (χ1n) is 12.1. The third kappa shape index (κ3) is 6.81. The predicted octanol–water partition coefficient (Wildman–Crippen LogP) is 6.18. The number of urea groups is 1. The molecule has 0 aliphatic rings. The number of halogens is 3. The smallest absolute Gasteiger partial charge is 0.416 e. The number of nitrogens with zero attached hydrogens (tertiary/aromatic N) is 2. The lowest BCUT2D eigenvalue weighted by Crippen LogP contribution is -2.39. The number of esters is 1. The minimum absolute atomic E-state index is 0.00846. The van der Waals surface area contributed by atoms with Gasteiger partial charge in [0.25, 0.3) is 0 Å². The maximum atomic E-state index is 13.7. The molecule has 0 radical (unpaired) electrons. The number of ether oxygens (including phenoxy) is 2. The minimum Gasteiger partial charge on any atom is -0.496 e. The molecule has 7 nitrogen and oxygen atoms in total. The first-order valence-corrected chi connectivity index (χ1v) is 12.1. The van der Waals surface area contributed by atoms with Gasteiger partial charge in [-0.3, -0.25) is 14.7 Å². The van der Waals surface area contributed by atoms with Crippen molar-refractivity contribution < 1.29 is 32.2 Å². The summed E-state index contributed by atoms with van der Waals surface area (Å²) in [7, 11) is 3.02. The van der Waals surface area contributed by atoms with Crippen LogP contribution in [-0.4, -0.2) is 37.7 Å². The molecule has 1 aromatic heterocycles. The highest BCUT2D eigenvalue weighted by Crippen LogP contribution is 2.40. The van der Waals surface area contributed by atoms with E-state index in [1.807, 2.05) is 0 Å². The van der Waals surface area contributed by atoms with Gasteiger partial charge in [0.1, 0.15) is 5.75 Å². The molecule has 1 heterocycles. The Balaban J connectivity index is 2.09. The van der Waals surface area contributed by atoms with Crippen molar-refractivity contribution in [2.75, 3.05) is 25.7 Å². The van der Waals surface area contributed by atoms with Crippen molar-refractivity contribution in [2.45, 2.75) is 38.9 Å². The molecular formula is C28H30F3N3O4. The summed E-state index contributed by atoms with van der Waals surface area (Å²) >= 11 is 0. The Bertz CT molecular complexity index is 1270. The zero-order chi connectivity index (χ0) is 27.9. The van der Waals surface area contributed by atoms with E-state index in [1.165, 1.54) is 30.5 Å². The molecule has 0 aliphatic carbocycles. The zero-order valence-electron chi connectivity index (χ0n) is 21.6. The van der Waals surface area contributed by atoms with E-state index in [9.17, 15) is 22.8 Å². The van der Waals surface area contributed by atoms with E-state index < -0.39 is 29.8 Å². The fourth-order valence-corrected chi connectivity index (χ4v) is 4.06. The molecule has 0 spiro atoms. The fourth-order valence-electron chi connectivity index (χ4n) is 4.06. The van der Waals surface area contributed by atoms with Crippen molar-refractivity contribution in [3.8, 4) is 16.9 Å². The zero-order valence-corrected chi connectivity index (χ0v) is 21.6. The molecular weight excluding hydrogens is 499 g/mol. The summed E-state index contributed by atoms with van der Waals surface area (Å²) in [6, 6.07) is 10.5. The molecule has 2 amide bonds. The molecule has 202 valence electrons. The van der Waals surface area contributed by atoms with Crippen molar-refractivity contribution in [1.82, 2.24) is 10.3 Å². The van der Waals surface area contributed by atoms with Gasteiger partial charge >= 0.3 is 18.2 Å². The maximum Gasteiger partial charge on any atom is 0.416 e. The molecule has 1 atom stereocenters. The lowest BCUT2D eigenvalue weighted by molar-refractivity contribution is -0.142. The van der Waals surface area contributed by atoms with Crippen LogP contribution < -0.4 is 15.0 Å². The highest BCUT2D eigenvalue weighted by Gasteiger charge is 2.32. The number of nitrogens with one attached hydrogen (secondary N) is 1. The van der Waals surface area contributed by atoms with E-state index in [-0.39, 0.29) is 18.6 Å². The van der Waals surface area contributed by atoms with Gasteiger partial charge in [-0.05, 0) is 66.4 Å². The SMILES string of the molecule is CCOC(=O)Cc1ccc(OC)c(-c2ccc(C(F)(F)F)cc2C(CC)NC(=O)N(C)c2ccncc2)c1. The quantitative estimate of drug-likeness (QED) is 0.335. The molecule has 0 aliphatic heterocycles. The number of alkyl halides is 3. The van der Waals surface area contributed by atoms with Crippen LogP contribution in [0.2, 0.25) is 0 Å². The van der Waals surface area contributed by atoms with Gasteiger partial charge in [-0.15, -0.1) is 0 Å². The van der Waals surface area contributed by atoms with Crippen LogP contribution >= 0.6 is 0 Å². The van der Waals surface area contributed by atoms with Gasteiger partial charge in [0.05, 0.1) is 31.7 Å². The van der Waals surface area contributed by atoms with Gasteiger partial charge in [0.2, 0.25) is 0 Å². The third-order valence-electron chi connectivity index (χ3n) is 6.02. The molecule has 10 heteroatoms. The number of aromatic nitrogens is 1. The number of anilines is 1. The number of pyridine rings is 1. The Morgan fingerprint density at radius 3 is 2.34 bits per heavy atom. The number of hydrogen-bond donors (Lipinski definition) is 1. The molecule has 0 saturated carbocycles. The Morgan fingerprint density at radius 2 is 1.74 bits per heavy atom. The number of hydrogen-bond acceptors (Lipinski definition) is 5. The van der Waals surface area contributed by atoms with Crippen molar-refractivity contribution >= 4 is 17.7 Å². The van der Waals surface area contributed by atoms with E-state index in [0.717, 1.165) is 12.1 Å². The molecule has 1 unspecified atom stereocenters. The topological polar surface area (TPSA) is 80.8 Å². The lowest BCUT2D eigenvalue weighted by atomic mass is 9.90. The largest absolute Gasteiger partial charge is 0.496 e. The van der Waals surface area contributed by atoms with Crippen LogP contribution in [0.15, 0.2) is 60.9 Å². The average molecular weight is 530 g/mol. The van der Waals surface area contributed by atoms with E-state index in [1.54, 1.807) is 51.2 Å². The van der Waals surface area contributed by atoms with E-state index >= 15 is 0 Å². The van der Waals surface area contributed by atoms with Crippen molar-refractivity contribution in [1.29, 1.82) is 0 Å². The lowest BCUT2D eigenvalue weighted by Gasteiger charge is -2.26. The predicted molar refractivity (Wildman–Crippen MR) is 138 cm³/mol. The van der Waals surface area contributed by atoms with E-state index in [2.05, 4.69) is 10.3 Å². The molecule has 0 saturated heterocycles. The highest BCUT2D eigenvalue weighted by atomic mass is 19.4. The van der Waals surface area contributed by atoms with Gasteiger partial charge < -0.3 is 14.8 Å². The highest BCUT2D eigenvalue weighted by molar-refractivity contribution is 5.91. The molecule has 0 fully saturated rings. The molecule has 0 bridgehead atoms. The Hall–Kier alpha value is -4.08. The molecule has 2 aromatic carbocycles. The Labute approximate surface area is 219 Å². The van der Waals surface area contributed by atoms with Gasteiger partial charge in [-0.25, -0.2) is 4.79 Å². The van der Waals surface area contributed by atoms with Crippen LogP contribution in [0.3, 0.4) is 0 Å². The van der Waals surface area contributed by atoms with E-state index in [0.29, 0.717) is 34.5 Å². The molecule has 3 rings (SSSR count). The summed E-state index contributed by atoms with van der Waals surface area (Å²) in [4.78, 5) is 30.4. The average Bonchev–Trinajstić information content (AvgIpc) is 2.91. The Morgan fingerprint density at radius 1 is 1.03 bits per heavy atom. The maximum absolute atomic E-state index is 13.7. The van der Waals surface area contributed by atoms with Crippen LogP contribution in [0.5, 0.6) is 5.75 Å². The number of methoxy groups -OCH3 is 1. The summed E-state index contributed by atoms with van der Waals surface area (Å²) in [5, 5.41) is 2.86. The normalized spacial score (nSPS) is 12.0. The minimum atomic E-state index is -4.58. The van der Waals surface area contributed by atoms with Crippen LogP contribution in [0.25, 0.3) is 11.1 Å². The van der Waals surface area contributed by atoms with Crippen molar-refractivity contribution in [3.05, 3.63) is 77.6 Å². The summed E-state index contributed by atoms with van der Waals surface area (Å²) < 4.78 is 51.7. The number of amides is 2. The third-order valence-corrected chi connectivity index (χ3v) is 6.02.